The van der Waals surface area contributed by atoms with Crippen LogP contribution in [0.15, 0.2) is 16.2 Å². The minimum atomic E-state index is 0.268. The monoisotopic (exact) mass is 222 g/mol. The molecule has 3 N–H and O–H groups in total. The van der Waals surface area contributed by atoms with E-state index in [-0.39, 0.29) is 5.95 Å². The second-order valence-electron chi connectivity index (χ2n) is 3.01. The molecule has 0 aliphatic carbocycles. The minimum Gasteiger partial charge on any atom is -0.368 e. The number of nitrogens with two attached hydrogens (primary N) is 1. The van der Waals surface area contributed by atoms with Gasteiger partial charge in [0.15, 0.2) is 0 Å². The van der Waals surface area contributed by atoms with E-state index >= 15 is 0 Å². The van der Waals surface area contributed by atoms with Crippen LogP contribution in [-0.4, -0.2) is 25.1 Å². The Morgan fingerprint density at radius 1 is 1.27 bits per heavy atom. The van der Waals surface area contributed by atoms with Crippen molar-refractivity contribution in [3.05, 3.63) is 17.6 Å². The van der Waals surface area contributed by atoms with Crippen LogP contribution in [0.3, 0.4) is 0 Å². The first-order chi connectivity index (χ1) is 7.13. The lowest BCUT2D eigenvalue weighted by Gasteiger charge is -1.99. The smallest absolute Gasteiger partial charge is 0.221 e. The van der Waals surface area contributed by atoms with E-state index in [0.29, 0.717) is 5.16 Å². The van der Waals surface area contributed by atoms with Crippen LogP contribution in [0.25, 0.3) is 0 Å². The molecule has 0 atom stereocenters. The van der Waals surface area contributed by atoms with Crippen LogP contribution < -0.4 is 5.73 Å². The van der Waals surface area contributed by atoms with Gasteiger partial charge in [-0.05, 0) is 31.7 Å². The van der Waals surface area contributed by atoms with Gasteiger partial charge in [0.25, 0.3) is 0 Å². The SMILES string of the molecule is Cc1cc(Sc2n[nH]c(C)n2)nc(N)n1. The van der Waals surface area contributed by atoms with Gasteiger partial charge in [0, 0.05) is 5.69 Å². The number of aromatic nitrogens is 5. The Balaban J connectivity index is 2.24. The maximum Gasteiger partial charge on any atom is 0.221 e. The summed E-state index contributed by atoms with van der Waals surface area (Å²) in [5.74, 6) is 1.04. The zero-order chi connectivity index (χ0) is 10.8. The third kappa shape index (κ3) is 2.44. The molecule has 0 spiro atoms. The topological polar surface area (TPSA) is 93.4 Å². The number of nitrogen functional groups attached to an aromatic ring is 1. The predicted molar refractivity (Wildman–Crippen MR) is 56.4 cm³/mol. The molecule has 0 unspecified atom stereocenters. The summed E-state index contributed by atoms with van der Waals surface area (Å²) in [6, 6.07) is 1.84. The highest BCUT2D eigenvalue weighted by atomic mass is 32.2. The van der Waals surface area contributed by atoms with Crippen LogP contribution in [0.1, 0.15) is 11.5 Å². The normalized spacial score (nSPS) is 10.5. The molecule has 7 heteroatoms. The van der Waals surface area contributed by atoms with Crippen molar-refractivity contribution in [1.82, 2.24) is 25.1 Å². The second-order valence-corrected chi connectivity index (χ2v) is 4.00. The van der Waals surface area contributed by atoms with Gasteiger partial charge in [-0.1, -0.05) is 0 Å². The fraction of sp³-hybridized carbons (Fsp3) is 0.250. The van der Waals surface area contributed by atoms with Gasteiger partial charge in [0.2, 0.25) is 11.1 Å². The zero-order valence-corrected chi connectivity index (χ0v) is 9.17. The number of hydrogen-bond donors (Lipinski definition) is 2. The summed E-state index contributed by atoms with van der Waals surface area (Å²) < 4.78 is 0. The molecule has 2 rings (SSSR count). The number of rotatable bonds is 2. The first-order valence-electron chi connectivity index (χ1n) is 4.31. The maximum atomic E-state index is 5.53. The summed E-state index contributed by atoms with van der Waals surface area (Å²) in [4.78, 5) is 12.2. The van der Waals surface area contributed by atoms with Gasteiger partial charge in [-0.3, -0.25) is 5.10 Å². The molecule has 2 heterocycles. The van der Waals surface area contributed by atoms with Gasteiger partial charge in [-0.2, -0.15) is 0 Å². The quantitative estimate of drug-likeness (QED) is 0.735. The largest absolute Gasteiger partial charge is 0.368 e. The number of anilines is 1. The number of nitrogens with one attached hydrogen (secondary N) is 1. The molecule has 0 aromatic carbocycles. The van der Waals surface area contributed by atoms with Crippen LogP contribution in [0, 0.1) is 13.8 Å². The van der Waals surface area contributed by atoms with Gasteiger partial charge >= 0.3 is 0 Å². The molecule has 0 fully saturated rings. The van der Waals surface area contributed by atoms with Gasteiger partial charge in [-0.25, -0.2) is 15.0 Å². The predicted octanol–water partition coefficient (Wildman–Crippen LogP) is 0.945. The van der Waals surface area contributed by atoms with Crippen molar-refractivity contribution in [3.8, 4) is 0 Å². The van der Waals surface area contributed by atoms with E-state index in [1.165, 1.54) is 11.8 Å². The summed E-state index contributed by atoms with van der Waals surface area (Å²) in [6.45, 7) is 3.71. The number of aromatic amines is 1. The third-order valence-electron chi connectivity index (χ3n) is 1.62. The molecule has 0 radical (unpaired) electrons. The first kappa shape index (κ1) is 9.91. The van der Waals surface area contributed by atoms with E-state index in [1.54, 1.807) is 0 Å². The Labute approximate surface area is 90.7 Å². The van der Waals surface area contributed by atoms with Gasteiger partial charge in [0.1, 0.15) is 10.9 Å². The minimum absolute atomic E-state index is 0.268. The van der Waals surface area contributed by atoms with Gasteiger partial charge < -0.3 is 5.73 Å². The summed E-state index contributed by atoms with van der Waals surface area (Å²) in [6.07, 6.45) is 0. The van der Waals surface area contributed by atoms with Crippen LogP contribution in [0.4, 0.5) is 5.95 Å². The van der Waals surface area contributed by atoms with Crippen molar-refractivity contribution < 1.29 is 0 Å². The average Bonchev–Trinajstić information content (AvgIpc) is 2.49. The summed E-state index contributed by atoms with van der Waals surface area (Å²) in [5, 5.41) is 8.14. The Bertz CT molecular complexity index is 459. The third-order valence-corrected chi connectivity index (χ3v) is 2.40. The standard InChI is InChI=1S/C8H10N6S/c1-4-3-6(12-7(9)10-4)15-8-11-5(2)13-14-8/h3H,1-2H3,(H2,9,10,12)(H,11,13,14). The van der Waals surface area contributed by atoms with Crippen LogP contribution in [0.5, 0.6) is 0 Å². The molecule has 0 saturated heterocycles. The van der Waals surface area contributed by atoms with E-state index in [4.69, 9.17) is 5.73 Å². The molecule has 78 valence electrons. The molecule has 6 nitrogen and oxygen atoms in total. The zero-order valence-electron chi connectivity index (χ0n) is 8.35. The van der Waals surface area contributed by atoms with E-state index in [0.717, 1.165) is 16.5 Å². The molecule has 15 heavy (non-hydrogen) atoms. The molecule has 0 amide bonds. The fourth-order valence-electron chi connectivity index (χ4n) is 1.08. The summed E-state index contributed by atoms with van der Waals surface area (Å²) in [5.41, 5.74) is 6.36. The Kier molecular flexibility index (Phi) is 2.55. The first-order valence-corrected chi connectivity index (χ1v) is 5.13. The number of nitrogens with zero attached hydrogens (tertiary/aromatic N) is 4. The lowest BCUT2D eigenvalue weighted by molar-refractivity contribution is 0.958. The molecule has 2 aromatic rings. The Hall–Kier alpha value is -1.63. The van der Waals surface area contributed by atoms with Crippen LogP contribution in [-0.2, 0) is 0 Å². The van der Waals surface area contributed by atoms with E-state index in [1.807, 2.05) is 19.9 Å². The second kappa shape index (κ2) is 3.85. The highest BCUT2D eigenvalue weighted by Crippen LogP contribution is 2.23. The number of H-pyrrole nitrogens is 1. The highest BCUT2D eigenvalue weighted by Gasteiger charge is 2.05. The van der Waals surface area contributed by atoms with Crippen LogP contribution >= 0.6 is 11.8 Å². The van der Waals surface area contributed by atoms with E-state index in [2.05, 4.69) is 25.1 Å². The molecule has 2 aromatic heterocycles. The average molecular weight is 222 g/mol. The highest BCUT2D eigenvalue weighted by molar-refractivity contribution is 7.99. The lowest BCUT2D eigenvalue weighted by Crippen LogP contribution is -1.97. The van der Waals surface area contributed by atoms with Crippen LogP contribution in [0.2, 0.25) is 0 Å². The van der Waals surface area contributed by atoms with E-state index in [9.17, 15) is 0 Å². The van der Waals surface area contributed by atoms with Gasteiger partial charge in [-0.15, -0.1) is 5.10 Å². The Morgan fingerprint density at radius 3 is 2.67 bits per heavy atom. The van der Waals surface area contributed by atoms with Crippen molar-refractivity contribution in [2.75, 3.05) is 5.73 Å². The molecular weight excluding hydrogens is 212 g/mol. The number of aryl methyl sites for hydroxylation is 2. The molecule has 0 aliphatic heterocycles. The molecule has 0 bridgehead atoms. The summed E-state index contributed by atoms with van der Waals surface area (Å²) >= 11 is 1.35. The van der Waals surface area contributed by atoms with Crippen molar-refractivity contribution in [2.24, 2.45) is 0 Å². The molecule has 0 aliphatic rings. The molecule has 0 saturated carbocycles. The maximum absolute atomic E-state index is 5.53. The van der Waals surface area contributed by atoms with Crippen molar-refractivity contribution >= 4 is 17.7 Å². The Morgan fingerprint density at radius 2 is 2.07 bits per heavy atom. The molecular formula is C8H10N6S. The lowest BCUT2D eigenvalue weighted by atomic mass is 10.5. The van der Waals surface area contributed by atoms with Crippen molar-refractivity contribution in [2.45, 2.75) is 24.0 Å². The van der Waals surface area contributed by atoms with Crippen molar-refractivity contribution in [3.63, 3.8) is 0 Å². The fourth-order valence-corrected chi connectivity index (χ4v) is 1.91. The van der Waals surface area contributed by atoms with Crippen molar-refractivity contribution in [1.29, 1.82) is 0 Å². The van der Waals surface area contributed by atoms with Gasteiger partial charge in [0.05, 0.1) is 0 Å². The number of hydrogen-bond acceptors (Lipinski definition) is 6. The van der Waals surface area contributed by atoms with E-state index < -0.39 is 0 Å². The summed E-state index contributed by atoms with van der Waals surface area (Å²) in [7, 11) is 0.